The van der Waals surface area contributed by atoms with Gasteiger partial charge in [-0.15, -0.1) is 0 Å². The monoisotopic (exact) mass is 408 g/mol. The molecule has 1 atom stereocenters. The quantitative estimate of drug-likeness (QED) is 0.694. The summed E-state index contributed by atoms with van der Waals surface area (Å²) in [6.45, 7) is 3.91. The number of hydrogen-bond donors (Lipinski definition) is 2. The summed E-state index contributed by atoms with van der Waals surface area (Å²) < 4.78 is 6.41. The molecule has 6 nitrogen and oxygen atoms in total. The second-order valence-electron chi connectivity index (χ2n) is 7.55. The van der Waals surface area contributed by atoms with Crippen molar-refractivity contribution >= 4 is 32.6 Å². The third kappa shape index (κ3) is 3.56. The topological polar surface area (TPSA) is 66.5 Å². The highest BCUT2D eigenvalue weighted by Gasteiger charge is 2.25. The molecule has 0 bridgehead atoms. The van der Waals surface area contributed by atoms with E-state index in [0.29, 0.717) is 5.56 Å². The van der Waals surface area contributed by atoms with Crippen molar-refractivity contribution in [1.82, 2.24) is 15.6 Å². The Labute approximate surface area is 173 Å². The Morgan fingerprint density at radius 3 is 2.93 bits per heavy atom. The van der Waals surface area contributed by atoms with Crippen LogP contribution in [0.4, 0.5) is 5.13 Å². The highest BCUT2D eigenvalue weighted by molar-refractivity contribution is 7.22. The molecule has 1 fully saturated rings. The molecule has 0 saturated carbocycles. The number of carbonyl (C=O) groups excluding carboxylic acids is 1. The zero-order chi connectivity index (χ0) is 19.8. The summed E-state index contributed by atoms with van der Waals surface area (Å²) in [6, 6.07) is 12.0. The zero-order valence-electron chi connectivity index (χ0n) is 16.4. The van der Waals surface area contributed by atoms with Crippen LogP contribution in [-0.4, -0.2) is 44.2 Å². The highest BCUT2D eigenvalue weighted by atomic mass is 32.1. The molecule has 150 valence electrons. The van der Waals surface area contributed by atoms with Crippen molar-refractivity contribution in [2.24, 2.45) is 0 Å². The predicted octanol–water partition coefficient (Wildman–Crippen LogP) is 3.13. The summed E-state index contributed by atoms with van der Waals surface area (Å²) >= 11 is 1.66. The van der Waals surface area contributed by atoms with E-state index in [2.05, 4.69) is 21.6 Å². The highest BCUT2D eigenvalue weighted by Crippen LogP contribution is 2.34. The van der Waals surface area contributed by atoms with E-state index in [9.17, 15) is 4.79 Å². The summed E-state index contributed by atoms with van der Waals surface area (Å²) in [5, 5.41) is 7.61. The maximum Gasteiger partial charge on any atom is 0.251 e. The van der Waals surface area contributed by atoms with Gasteiger partial charge < -0.3 is 20.3 Å². The number of rotatable bonds is 4. The second-order valence-corrected chi connectivity index (χ2v) is 8.55. The summed E-state index contributed by atoms with van der Waals surface area (Å²) in [7, 11) is 1.67. The molecule has 1 aromatic heterocycles. The number of ether oxygens (including phenoxy) is 1. The van der Waals surface area contributed by atoms with Crippen molar-refractivity contribution < 1.29 is 9.53 Å². The van der Waals surface area contributed by atoms with Gasteiger partial charge >= 0.3 is 0 Å². The van der Waals surface area contributed by atoms with Crippen LogP contribution in [-0.2, 0) is 6.42 Å². The summed E-state index contributed by atoms with van der Waals surface area (Å²) in [4.78, 5) is 20.0. The van der Waals surface area contributed by atoms with Gasteiger partial charge in [-0.25, -0.2) is 4.98 Å². The van der Waals surface area contributed by atoms with Crippen LogP contribution in [0, 0.1) is 0 Å². The van der Waals surface area contributed by atoms with Gasteiger partial charge in [0.1, 0.15) is 5.75 Å². The molecule has 1 aliphatic heterocycles. The third-order valence-corrected chi connectivity index (χ3v) is 6.84. The number of aryl methyl sites for hydroxylation is 1. The molecule has 0 radical (unpaired) electrons. The lowest BCUT2D eigenvalue weighted by atomic mass is 10.1. The SMILES string of the molecule is COc1ccc2c(c1)[C@H](NC(=O)c1ccc3nc(N4CCNCC4)sc3c1)CC2. The van der Waals surface area contributed by atoms with Gasteiger partial charge in [0.05, 0.1) is 23.4 Å². The van der Waals surface area contributed by atoms with Gasteiger partial charge in [0.25, 0.3) is 5.91 Å². The Balaban J connectivity index is 1.35. The van der Waals surface area contributed by atoms with E-state index < -0.39 is 0 Å². The van der Waals surface area contributed by atoms with E-state index in [0.717, 1.165) is 65.7 Å². The molecule has 29 heavy (non-hydrogen) atoms. The number of nitrogens with zero attached hydrogens (tertiary/aromatic N) is 2. The first-order valence-electron chi connectivity index (χ1n) is 10.1. The maximum atomic E-state index is 12.9. The molecule has 2 aromatic carbocycles. The van der Waals surface area contributed by atoms with Gasteiger partial charge in [-0.05, 0) is 54.3 Å². The van der Waals surface area contributed by atoms with E-state index in [1.54, 1.807) is 18.4 Å². The normalized spacial score (nSPS) is 18.7. The number of thiazole rings is 1. The molecule has 0 unspecified atom stereocenters. The van der Waals surface area contributed by atoms with Gasteiger partial charge in [0, 0.05) is 31.7 Å². The largest absolute Gasteiger partial charge is 0.497 e. The molecule has 5 rings (SSSR count). The van der Waals surface area contributed by atoms with Crippen molar-refractivity contribution in [2.75, 3.05) is 38.2 Å². The van der Waals surface area contributed by atoms with E-state index in [4.69, 9.17) is 9.72 Å². The lowest BCUT2D eigenvalue weighted by Crippen LogP contribution is -2.43. The number of benzene rings is 2. The fourth-order valence-electron chi connectivity index (χ4n) is 4.14. The predicted molar refractivity (Wildman–Crippen MR) is 116 cm³/mol. The molecule has 7 heteroatoms. The number of piperazine rings is 1. The first-order valence-corrected chi connectivity index (χ1v) is 10.9. The van der Waals surface area contributed by atoms with E-state index in [1.165, 1.54) is 5.56 Å². The van der Waals surface area contributed by atoms with E-state index >= 15 is 0 Å². The van der Waals surface area contributed by atoms with Crippen LogP contribution in [0.2, 0.25) is 0 Å². The number of anilines is 1. The smallest absolute Gasteiger partial charge is 0.251 e. The van der Waals surface area contributed by atoms with Gasteiger partial charge in [0.15, 0.2) is 5.13 Å². The molecule has 3 aromatic rings. The van der Waals surface area contributed by atoms with Gasteiger partial charge in [-0.3, -0.25) is 4.79 Å². The number of methoxy groups -OCH3 is 1. The van der Waals surface area contributed by atoms with Crippen molar-refractivity contribution in [3.8, 4) is 5.75 Å². The molecule has 1 aliphatic carbocycles. The molecular formula is C22H24N4O2S. The van der Waals surface area contributed by atoms with Crippen LogP contribution in [0.5, 0.6) is 5.75 Å². The van der Waals surface area contributed by atoms with Crippen molar-refractivity contribution in [3.63, 3.8) is 0 Å². The van der Waals surface area contributed by atoms with E-state index in [-0.39, 0.29) is 11.9 Å². The number of amides is 1. The molecule has 0 spiro atoms. The fourth-order valence-corrected chi connectivity index (χ4v) is 5.20. The zero-order valence-corrected chi connectivity index (χ0v) is 17.2. The van der Waals surface area contributed by atoms with Gasteiger partial charge in [-0.2, -0.15) is 0 Å². The summed E-state index contributed by atoms with van der Waals surface area (Å²) in [5.74, 6) is 0.793. The van der Waals surface area contributed by atoms with Crippen LogP contribution in [0.15, 0.2) is 36.4 Å². The standard InChI is InChI=1S/C22H24N4O2S/c1-28-16-5-2-14-3-6-18(17(14)13-16)24-21(27)15-4-7-19-20(12-15)29-22(25-19)26-10-8-23-9-11-26/h2,4-5,7,12-13,18,23H,3,6,8-11H2,1H3,(H,24,27)/t18-/m1/s1. The molecule has 1 amide bonds. The molecule has 1 saturated heterocycles. The van der Waals surface area contributed by atoms with Gasteiger partial charge in [-0.1, -0.05) is 17.4 Å². The maximum absolute atomic E-state index is 12.9. The van der Waals surface area contributed by atoms with Crippen molar-refractivity contribution in [1.29, 1.82) is 0 Å². The minimum absolute atomic E-state index is 0.0289. The minimum Gasteiger partial charge on any atom is -0.497 e. The second kappa shape index (κ2) is 7.65. The van der Waals surface area contributed by atoms with Crippen LogP contribution in [0.1, 0.15) is 33.9 Å². The molecule has 2 N–H and O–H groups in total. The molecular weight excluding hydrogens is 384 g/mol. The Kier molecular flexibility index (Phi) is 4.85. The van der Waals surface area contributed by atoms with Crippen molar-refractivity contribution in [3.05, 3.63) is 53.1 Å². The van der Waals surface area contributed by atoms with Crippen LogP contribution in [0.3, 0.4) is 0 Å². The fraction of sp³-hybridized carbons (Fsp3) is 0.364. The number of aromatic nitrogens is 1. The Hall–Kier alpha value is -2.64. The lowest BCUT2D eigenvalue weighted by molar-refractivity contribution is 0.0937. The number of carbonyl (C=O) groups is 1. The average molecular weight is 409 g/mol. The van der Waals surface area contributed by atoms with Gasteiger partial charge in [0.2, 0.25) is 0 Å². The Morgan fingerprint density at radius 2 is 2.10 bits per heavy atom. The third-order valence-electron chi connectivity index (χ3n) is 5.76. The first kappa shape index (κ1) is 18.4. The number of hydrogen-bond acceptors (Lipinski definition) is 6. The summed E-state index contributed by atoms with van der Waals surface area (Å²) in [6.07, 6.45) is 1.90. The van der Waals surface area contributed by atoms with Crippen molar-refractivity contribution in [2.45, 2.75) is 18.9 Å². The minimum atomic E-state index is -0.0373. The molecule has 2 aliphatic rings. The number of nitrogens with one attached hydrogen (secondary N) is 2. The summed E-state index contributed by atoms with van der Waals surface area (Å²) in [5.41, 5.74) is 4.09. The molecule has 2 heterocycles. The number of fused-ring (bicyclic) bond motifs is 2. The average Bonchev–Trinajstić information content (AvgIpc) is 3.37. The first-order chi connectivity index (χ1) is 14.2. The lowest BCUT2D eigenvalue weighted by Gasteiger charge is -2.26. The Bertz CT molecular complexity index is 1060. The van der Waals surface area contributed by atoms with Crippen LogP contribution < -0.4 is 20.3 Å². The Morgan fingerprint density at radius 1 is 1.24 bits per heavy atom. The van der Waals surface area contributed by atoms with Crippen LogP contribution >= 0.6 is 11.3 Å². The van der Waals surface area contributed by atoms with E-state index in [1.807, 2.05) is 30.3 Å². The van der Waals surface area contributed by atoms with Crippen LogP contribution in [0.25, 0.3) is 10.2 Å².